The minimum atomic E-state index is -2.98. The molecule has 6 heteroatoms. The topological polar surface area (TPSA) is 47.6 Å². The molecule has 0 bridgehead atoms. The summed E-state index contributed by atoms with van der Waals surface area (Å²) in [6.45, 7) is 2.86. The third-order valence-corrected chi connectivity index (χ3v) is 3.00. The Kier molecular flexibility index (Phi) is 5.73. The highest BCUT2D eigenvalue weighted by molar-refractivity contribution is 5.95. The Bertz CT molecular complexity index is 464. The van der Waals surface area contributed by atoms with E-state index in [1.807, 2.05) is 20.8 Å². The van der Waals surface area contributed by atoms with E-state index in [2.05, 4.69) is 10.1 Å². The first kappa shape index (κ1) is 16.2. The van der Waals surface area contributed by atoms with Gasteiger partial charge in [-0.3, -0.25) is 4.79 Å². The number of hydrogen-bond acceptors (Lipinski definition) is 3. The number of halogens is 2. The number of amides is 1. The maximum Gasteiger partial charge on any atom is 0.387 e. The molecule has 1 unspecified atom stereocenters. The number of hydrogen-bond donors (Lipinski definition) is 1. The minimum absolute atomic E-state index is 0.0240. The second-order valence-corrected chi connectivity index (χ2v) is 4.75. The van der Waals surface area contributed by atoms with Gasteiger partial charge < -0.3 is 14.8 Å². The predicted octanol–water partition coefficient (Wildman–Crippen LogP) is 3.07. The highest BCUT2D eigenvalue weighted by atomic mass is 19.3. The lowest BCUT2D eigenvalue weighted by molar-refractivity contribution is -0.0512. The van der Waals surface area contributed by atoms with Crippen LogP contribution in [0.15, 0.2) is 18.2 Å². The van der Waals surface area contributed by atoms with Gasteiger partial charge in [0.15, 0.2) is 11.5 Å². The molecule has 112 valence electrons. The van der Waals surface area contributed by atoms with Crippen molar-refractivity contribution in [3.8, 4) is 11.5 Å². The number of rotatable bonds is 6. The van der Waals surface area contributed by atoms with Crippen LogP contribution < -0.4 is 14.8 Å². The molecule has 1 N–H and O–H groups in total. The molecule has 0 fully saturated rings. The van der Waals surface area contributed by atoms with Crippen molar-refractivity contribution in [2.75, 3.05) is 7.11 Å². The summed E-state index contributed by atoms with van der Waals surface area (Å²) in [4.78, 5) is 12.0. The summed E-state index contributed by atoms with van der Waals surface area (Å²) < 4.78 is 33.9. The Morgan fingerprint density at radius 3 is 2.35 bits per heavy atom. The fourth-order valence-electron chi connectivity index (χ4n) is 1.46. The first-order valence-corrected chi connectivity index (χ1v) is 6.28. The molecule has 0 spiro atoms. The molecule has 0 saturated carbocycles. The number of carbonyl (C=O) groups excluding carboxylic acids is 1. The van der Waals surface area contributed by atoms with E-state index in [0.29, 0.717) is 0 Å². The van der Waals surface area contributed by atoms with E-state index in [4.69, 9.17) is 4.74 Å². The number of alkyl halides is 2. The highest BCUT2D eigenvalue weighted by Gasteiger charge is 2.16. The number of methoxy groups -OCH3 is 1. The molecule has 1 amide bonds. The maximum atomic E-state index is 12.3. The highest BCUT2D eigenvalue weighted by Crippen LogP contribution is 2.29. The van der Waals surface area contributed by atoms with Crippen molar-refractivity contribution in [1.29, 1.82) is 0 Å². The van der Waals surface area contributed by atoms with Gasteiger partial charge in [-0.1, -0.05) is 13.8 Å². The number of ether oxygens (including phenoxy) is 2. The van der Waals surface area contributed by atoms with E-state index in [0.717, 1.165) is 0 Å². The van der Waals surface area contributed by atoms with Crippen LogP contribution in [0.1, 0.15) is 31.1 Å². The summed E-state index contributed by atoms with van der Waals surface area (Å²) in [6, 6.07) is 4.14. The van der Waals surface area contributed by atoms with Crippen molar-refractivity contribution >= 4 is 5.91 Å². The first-order chi connectivity index (χ1) is 9.35. The molecule has 0 aliphatic heterocycles. The Morgan fingerprint density at radius 2 is 1.85 bits per heavy atom. The van der Waals surface area contributed by atoms with E-state index in [-0.39, 0.29) is 34.9 Å². The van der Waals surface area contributed by atoms with Crippen LogP contribution in [0, 0.1) is 5.92 Å². The van der Waals surface area contributed by atoms with Crippen LogP contribution in [-0.2, 0) is 0 Å². The number of carbonyl (C=O) groups is 1. The molecule has 1 aromatic rings. The van der Waals surface area contributed by atoms with E-state index in [9.17, 15) is 13.6 Å². The van der Waals surface area contributed by atoms with Gasteiger partial charge in [-0.05, 0) is 31.0 Å². The SMILES string of the molecule is COc1ccc(C(=O)NC(C)C(C)C)cc1OC(F)F. The molecule has 0 aliphatic carbocycles. The van der Waals surface area contributed by atoms with Crippen molar-refractivity contribution < 1.29 is 23.0 Å². The summed E-state index contributed by atoms with van der Waals surface area (Å²) in [6.07, 6.45) is 0. The van der Waals surface area contributed by atoms with Crippen molar-refractivity contribution in [1.82, 2.24) is 5.32 Å². The van der Waals surface area contributed by atoms with Crippen LogP contribution in [0.4, 0.5) is 8.78 Å². The molecule has 0 heterocycles. The zero-order valence-electron chi connectivity index (χ0n) is 11.9. The van der Waals surface area contributed by atoms with Crippen molar-refractivity contribution in [3.63, 3.8) is 0 Å². The summed E-state index contributed by atoms with van der Waals surface area (Å²) in [5.41, 5.74) is 0.244. The second kappa shape index (κ2) is 7.07. The van der Waals surface area contributed by atoms with Gasteiger partial charge in [-0.15, -0.1) is 0 Å². The molecule has 0 aromatic heterocycles. The summed E-state index contributed by atoms with van der Waals surface area (Å²) >= 11 is 0. The lowest BCUT2D eigenvalue weighted by Crippen LogP contribution is -2.36. The Labute approximate surface area is 117 Å². The fourth-order valence-corrected chi connectivity index (χ4v) is 1.46. The summed E-state index contributed by atoms with van der Waals surface area (Å²) in [7, 11) is 1.34. The summed E-state index contributed by atoms with van der Waals surface area (Å²) in [5, 5.41) is 2.79. The van der Waals surface area contributed by atoms with Crippen LogP contribution in [0.5, 0.6) is 11.5 Å². The third-order valence-electron chi connectivity index (χ3n) is 3.00. The zero-order chi connectivity index (χ0) is 15.3. The monoisotopic (exact) mass is 287 g/mol. The lowest BCUT2D eigenvalue weighted by Gasteiger charge is -2.18. The Hall–Kier alpha value is -1.85. The molecule has 20 heavy (non-hydrogen) atoms. The maximum absolute atomic E-state index is 12.3. The fraction of sp³-hybridized carbons (Fsp3) is 0.500. The van der Waals surface area contributed by atoms with Crippen LogP contribution in [0.2, 0.25) is 0 Å². The molecule has 1 aromatic carbocycles. The molecule has 0 saturated heterocycles. The molecule has 1 rings (SSSR count). The average molecular weight is 287 g/mol. The quantitative estimate of drug-likeness (QED) is 0.874. The van der Waals surface area contributed by atoms with Crippen LogP contribution in [0.25, 0.3) is 0 Å². The first-order valence-electron chi connectivity index (χ1n) is 6.28. The largest absolute Gasteiger partial charge is 0.493 e. The molecule has 0 radical (unpaired) electrons. The molecule has 0 aliphatic rings. The summed E-state index contributed by atoms with van der Waals surface area (Å²) in [5.74, 6) is -0.0759. The van der Waals surface area contributed by atoms with E-state index in [1.54, 1.807) is 0 Å². The molecule has 1 atom stereocenters. The zero-order valence-corrected chi connectivity index (χ0v) is 11.9. The normalized spacial score (nSPS) is 12.4. The second-order valence-electron chi connectivity index (χ2n) is 4.75. The molecule has 4 nitrogen and oxygen atoms in total. The van der Waals surface area contributed by atoms with Crippen LogP contribution in [0.3, 0.4) is 0 Å². The number of nitrogens with one attached hydrogen (secondary N) is 1. The standard InChI is InChI=1S/C14H19F2NO3/c1-8(2)9(3)17-13(18)10-5-6-11(19-4)12(7-10)20-14(15)16/h5-9,14H,1-4H3,(H,17,18). The van der Waals surface area contributed by atoms with Gasteiger partial charge in [0.25, 0.3) is 5.91 Å². The van der Waals surface area contributed by atoms with E-state index >= 15 is 0 Å². The number of benzene rings is 1. The van der Waals surface area contributed by atoms with Gasteiger partial charge in [-0.25, -0.2) is 0 Å². The van der Waals surface area contributed by atoms with Gasteiger partial charge >= 0.3 is 6.61 Å². The van der Waals surface area contributed by atoms with Gasteiger partial charge in [0.2, 0.25) is 0 Å². The van der Waals surface area contributed by atoms with Gasteiger partial charge in [0, 0.05) is 11.6 Å². The average Bonchev–Trinajstić information content (AvgIpc) is 2.37. The third kappa shape index (κ3) is 4.36. The van der Waals surface area contributed by atoms with Crippen molar-refractivity contribution in [2.45, 2.75) is 33.4 Å². The lowest BCUT2D eigenvalue weighted by atomic mass is 10.1. The van der Waals surface area contributed by atoms with Crippen molar-refractivity contribution in [3.05, 3.63) is 23.8 Å². The minimum Gasteiger partial charge on any atom is -0.493 e. The van der Waals surface area contributed by atoms with E-state index < -0.39 is 6.61 Å². The van der Waals surface area contributed by atoms with Gasteiger partial charge in [0.1, 0.15) is 0 Å². The Morgan fingerprint density at radius 1 is 1.20 bits per heavy atom. The Balaban J connectivity index is 2.93. The van der Waals surface area contributed by atoms with Gasteiger partial charge in [0.05, 0.1) is 7.11 Å². The molecular formula is C14H19F2NO3. The van der Waals surface area contributed by atoms with Crippen LogP contribution >= 0.6 is 0 Å². The predicted molar refractivity (Wildman–Crippen MR) is 71.4 cm³/mol. The van der Waals surface area contributed by atoms with Crippen molar-refractivity contribution in [2.24, 2.45) is 5.92 Å². The van der Waals surface area contributed by atoms with E-state index in [1.165, 1.54) is 25.3 Å². The molecular weight excluding hydrogens is 268 g/mol. The smallest absolute Gasteiger partial charge is 0.387 e. The van der Waals surface area contributed by atoms with Gasteiger partial charge in [-0.2, -0.15) is 8.78 Å². The van der Waals surface area contributed by atoms with Crippen LogP contribution in [-0.4, -0.2) is 25.7 Å².